The number of aliphatic hydroxyl groups is 1. The van der Waals surface area contributed by atoms with Crippen molar-refractivity contribution in [3.63, 3.8) is 0 Å². The Balaban J connectivity index is 2.00. The molecule has 112 valence electrons. The highest BCUT2D eigenvalue weighted by Gasteiger charge is 2.57. The fourth-order valence-corrected chi connectivity index (χ4v) is 4.28. The number of nitriles is 1. The van der Waals surface area contributed by atoms with E-state index in [1.165, 1.54) is 11.1 Å². The van der Waals surface area contributed by atoms with Gasteiger partial charge in [-0.15, -0.1) is 0 Å². The van der Waals surface area contributed by atoms with Gasteiger partial charge in [0.2, 0.25) is 0 Å². The van der Waals surface area contributed by atoms with Crippen LogP contribution < -0.4 is 0 Å². The van der Waals surface area contributed by atoms with Crippen molar-refractivity contribution in [2.45, 2.75) is 56.7 Å². The maximum atomic E-state index is 11.4. The van der Waals surface area contributed by atoms with Crippen molar-refractivity contribution >= 4 is 0 Å². The summed E-state index contributed by atoms with van der Waals surface area (Å²) >= 11 is 0. The zero-order valence-corrected chi connectivity index (χ0v) is 12.6. The zero-order valence-electron chi connectivity index (χ0n) is 12.6. The number of rotatable bonds is 2. The van der Waals surface area contributed by atoms with Crippen LogP contribution in [0.3, 0.4) is 0 Å². The number of nitrogens with zero attached hydrogens (tertiary/aromatic N) is 1. The van der Waals surface area contributed by atoms with E-state index in [1.807, 2.05) is 12.1 Å². The third-order valence-electron chi connectivity index (χ3n) is 5.57. The average Bonchev–Trinajstić information content (AvgIpc) is 2.54. The highest BCUT2D eigenvalue weighted by atomic mass is 16.5. The summed E-state index contributed by atoms with van der Waals surface area (Å²) in [6.07, 6.45) is 5.55. The smallest absolute Gasteiger partial charge is 0.110 e. The van der Waals surface area contributed by atoms with E-state index in [0.717, 1.165) is 32.1 Å². The van der Waals surface area contributed by atoms with E-state index < -0.39 is 11.0 Å². The van der Waals surface area contributed by atoms with Crippen molar-refractivity contribution in [1.29, 1.82) is 5.26 Å². The molecule has 3 rings (SSSR count). The normalized spacial score (nSPS) is 35.8. The first-order chi connectivity index (χ1) is 10.1. The summed E-state index contributed by atoms with van der Waals surface area (Å²) in [4.78, 5) is 0. The third kappa shape index (κ3) is 2.18. The van der Waals surface area contributed by atoms with Crippen LogP contribution in [0.2, 0.25) is 0 Å². The Hall–Kier alpha value is -1.37. The monoisotopic (exact) mass is 285 g/mol. The Morgan fingerprint density at radius 3 is 2.71 bits per heavy atom. The van der Waals surface area contributed by atoms with Gasteiger partial charge in [-0.3, -0.25) is 0 Å². The summed E-state index contributed by atoms with van der Waals surface area (Å²) in [7, 11) is 1.66. The SMILES string of the molecule is COC1CCCCC1(O)C1(C#N)CCc2ccccc2C1. The number of ether oxygens (including phenoxy) is 1. The van der Waals surface area contributed by atoms with Gasteiger partial charge >= 0.3 is 0 Å². The number of hydrogen-bond donors (Lipinski definition) is 1. The molecule has 0 heterocycles. The maximum Gasteiger partial charge on any atom is 0.110 e. The Morgan fingerprint density at radius 1 is 1.24 bits per heavy atom. The van der Waals surface area contributed by atoms with Crippen LogP contribution in [0.1, 0.15) is 43.2 Å². The fraction of sp³-hybridized carbons (Fsp3) is 0.611. The lowest BCUT2D eigenvalue weighted by Crippen LogP contribution is -2.59. The summed E-state index contributed by atoms with van der Waals surface area (Å²) in [6.45, 7) is 0. The second kappa shape index (κ2) is 5.44. The molecule has 3 nitrogen and oxygen atoms in total. The molecule has 21 heavy (non-hydrogen) atoms. The van der Waals surface area contributed by atoms with Crippen LogP contribution in [0.4, 0.5) is 0 Å². The molecule has 2 aliphatic rings. The molecule has 2 aliphatic carbocycles. The molecule has 0 radical (unpaired) electrons. The molecule has 1 fully saturated rings. The summed E-state index contributed by atoms with van der Waals surface area (Å²) in [5.74, 6) is 0. The van der Waals surface area contributed by atoms with Gasteiger partial charge in [0.05, 0.1) is 17.6 Å². The molecule has 1 saturated carbocycles. The molecule has 0 amide bonds. The van der Waals surface area contributed by atoms with Crippen LogP contribution in [-0.2, 0) is 17.6 Å². The first-order valence-corrected chi connectivity index (χ1v) is 7.88. The molecule has 3 heteroatoms. The van der Waals surface area contributed by atoms with E-state index in [4.69, 9.17) is 4.74 Å². The number of aryl methyl sites for hydroxylation is 1. The van der Waals surface area contributed by atoms with Gasteiger partial charge < -0.3 is 9.84 Å². The molecule has 3 atom stereocenters. The lowest BCUT2D eigenvalue weighted by molar-refractivity contribution is -0.174. The number of benzene rings is 1. The summed E-state index contributed by atoms with van der Waals surface area (Å²) in [5.41, 5.74) is 0.779. The lowest BCUT2D eigenvalue weighted by Gasteiger charge is -2.50. The molecule has 0 spiro atoms. The van der Waals surface area contributed by atoms with Gasteiger partial charge in [0, 0.05) is 7.11 Å². The lowest BCUT2D eigenvalue weighted by atomic mass is 9.57. The van der Waals surface area contributed by atoms with Gasteiger partial charge in [0.1, 0.15) is 5.60 Å². The third-order valence-corrected chi connectivity index (χ3v) is 5.57. The van der Waals surface area contributed by atoms with Crippen molar-refractivity contribution in [3.05, 3.63) is 35.4 Å². The van der Waals surface area contributed by atoms with Crippen molar-refractivity contribution in [1.82, 2.24) is 0 Å². The highest BCUT2D eigenvalue weighted by molar-refractivity contribution is 5.35. The van der Waals surface area contributed by atoms with Crippen LogP contribution in [0.15, 0.2) is 24.3 Å². The van der Waals surface area contributed by atoms with Crippen molar-refractivity contribution < 1.29 is 9.84 Å². The fourth-order valence-electron chi connectivity index (χ4n) is 4.28. The van der Waals surface area contributed by atoms with Gasteiger partial charge in [-0.25, -0.2) is 0 Å². The summed E-state index contributed by atoms with van der Waals surface area (Å²) in [5, 5.41) is 21.3. The van der Waals surface area contributed by atoms with Crippen LogP contribution in [0.25, 0.3) is 0 Å². The van der Waals surface area contributed by atoms with Gasteiger partial charge in [-0.05, 0) is 43.2 Å². The molecule has 1 aromatic carbocycles. The number of methoxy groups -OCH3 is 1. The number of hydrogen-bond acceptors (Lipinski definition) is 3. The second-order valence-electron chi connectivity index (χ2n) is 6.53. The minimum Gasteiger partial charge on any atom is -0.385 e. The van der Waals surface area contributed by atoms with Crippen LogP contribution in [-0.4, -0.2) is 23.9 Å². The molecular formula is C18H23NO2. The Labute approximate surface area is 126 Å². The summed E-state index contributed by atoms with van der Waals surface area (Å²) in [6, 6.07) is 10.8. The van der Waals surface area contributed by atoms with Crippen molar-refractivity contribution in [2.24, 2.45) is 5.41 Å². The minimum atomic E-state index is -1.03. The average molecular weight is 285 g/mol. The highest BCUT2D eigenvalue weighted by Crippen LogP contribution is 2.50. The standard InChI is InChI=1S/C18H23NO2/c1-21-16-8-4-5-10-18(16,20)17(13-19)11-9-14-6-2-3-7-15(14)12-17/h2-3,6-7,16,20H,4-5,8-12H2,1H3. The Morgan fingerprint density at radius 2 is 2.00 bits per heavy atom. The molecule has 0 aromatic heterocycles. The van der Waals surface area contributed by atoms with E-state index in [9.17, 15) is 10.4 Å². The van der Waals surface area contributed by atoms with Crippen LogP contribution in [0, 0.1) is 16.7 Å². The molecule has 3 unspecified atom stereocenters. The first kappa shape index (κ1) is 14.6. The molecule has 1 aromatic rings. The minimum absolute atomic E-state index is 0.226. The largest absolute Gasteiger partial charge is 0.385 e. The van der Waals surface area contributed by atoms with Gasteiger partial charge in [-0.1, -0.05) is 37.1 Å². The molecule has 1 N–H and O–H groups in total. The van der Waals surface area contributed by atoms with Gasteiger partial charge in [-0.2, -0.15) is 5.26 Å². The molecular weight excluding hydrogens is 262 g/mol. The van der Waals surface area contributed by atoms with Crippen molar-refractivity contribution in [3.8, 4) is 6.07 Å². The van der Waals surface area contributed by atoms with Crippen molar-refractivity contribution in [2.75, 3.05) is 7.11 Å². The van der Waals surface area contributed by atoms with Crippen LogP contribution >= 0.6 is 0 Å². The predicted molar refractivity (Wildman–Crippen MR) is 80.7 cm³/mol. The number of fused-ring (bicyclic) bond motifs is 1. The van der Waals surface area contributed by atoms with E-state index in [2.05, 4.69) is 18.2 Å². The predicted octanol–water partition coefficient (Wildman–Crippen LogP) is 3.01. The molecule has 0 saturated heterocycles. The molecule has 0 bridgehead atoms. The zero-order chi connectivity index (χ0) is 14.9. The topological polar surface area (TPSA) is 53.2 Å². The summed E-state index contributed by atoms with van der Waals surface area (Å²) < 4.78 is 5.57. The van der Waals surface area contributed by atoms with E-state index in [1.54, 1.807) is 7.11 Å². The quantitative estimate of drug-likeness (QED) is 0.908. The Kier molecular flexibility index (Phi) is 3.77. The van der Waals surface area contributed by atoms with E-state index in [-0.39, 0.29) is 6.10 Å². The Bertz CT molecular complexity index is 565. The van der Waals surface area contributed by atoms with Gasteiger partial charge in [0.25, 0.3) is 0 Å². The maximum absolute atomic E-state index is 11.4. The van der Waals surface area contributed by atoms with Gasteiger partial charge in [0.15, 0.2) is 0 Å². The van der Waals surface area contributed by atoms with E-state index in [0.29, 0.717) is 12.8 Å². The first-order valence-electron chi connectivity index (χ1n) is 7.88. The second-order valence-corrected chi connectivity index (χ2v) is 6.53. The molecule has 0 aliphatic heterocycles. The van der Waals surface area contributed by atoms with Crippen LogP contribution in [0.5, 0.6) is 0 Å². The van der Waals surface area contributed by atoms with E-state index >= 15 is 0 Å².